The first kappa shape index (κ1) is 26.6. The van der Waals surface area contributed by atoms with Crippen LogP contribution in [0.2, 0.25) is 0 Å². The van der Waals surface area contributed by atoms with Crippen LogP contribution >= 0.6 is 0 Å². The molecule has 0 radical (unpaired) electrons. The molecule has 2 heterocycles. The molecule has 2 saturated heterocycles. The lowest BCUT2D eigenvalue weighted by molar-refractivity contribution is -0.135. The number of carbonyl (C=O) groups excluding carboxylic acids is 2. The van der Waals surface area contributed by atoms with Gasteiger partial charge in [-0.2, -0.15) is 0 Å². The van der Waals surface area contributed by atoms with E-state index in [2.05, 4.69) is 36.1 Å². The Morgan fingerprint density at radius 1 is 0.769 bits per heavy atom. The van der Waals surface area contributed by atoms with E-state index in [4.69, 9.17) is 9.47 Å². The molecule has 3 aromatic rings. The Labute approximate surface area is 230 Å². The average Bonchev–Trinajstić information content (AvgIpc) is 3.42. The average molecular weight is 528 g/mol. The maximum Gasteiger partial charge on any atom is 0.254 e. The van der Waals surface area contributed by atoms with Crippen LogP contribution in [0.4, 0.5) is 5.69 Å². The summed E-state index contributed by atoms with van der Waals surface area (Å²) in [4.78, 5) is 33.9. The van der Waals surface area contributed by atoms with Crippen molar-refractivity contribution in [1.82, 2.24) is 9.80 Å². The number of carbonyl (C=O) groups is 2. The number of para-hydroxylation sites is 1. The lowest BCUT2D eigenvalue weighted by atomic mass is 9.87. The molecule has 0 bridgehead atoms. The number of hydrogen-bond acceptors (Lipinski definition) is 5. The van der Waals surface area contributed by atoms with E-state index in [9.17, 15) is 9.59 Å². The summed E-state index contributed by atoms with van der Waals surface area (Å²) in [7, 11) is 3.27. The molecule has 5 rings (SSSR count). The van der Waals surface area contributed by atoms with Gasteiger partial charge in [0.05, 0.1) is 20.1 Å². The summed E-state index contributed by atoms with van der Waals surface area (Å²) in [5.41, 5.74) is 4.96. The van der Waals surface area contributed by atoms with Gasteiger partial charge in [-0.1, -0.05) is 36.4 Å². The van der Waals surface area contributed by atoms with Gasteiger partial charge in [-0.05, 0) is 55.3 Å². The van der Waals surface area contributed by atoms with Crippen LogP contribution in [-0.2, 0) is 4.79 Å². The van der Waals surface area contributed by atoms with Gasteiger partial charge in [0, 0.05) is 62.0 Å². The van der Waals surface area contributed by atoms with Gasteiger partial charge in [-0.3, -0.25) is 9.59 Å². The van der Waals surface area contributed by atoms with Crippen molar-refractivity contribution in [2.75, 3.05) is 58.4 Å². The number of benzene rings is 3. The fourth-order valence-corrected chi connectivity index (χ4v) is 5.97. The summed E-state index contributed by atoms with van der Waals surface area (Å²) in [5, 5.41) is 0. The van der Waals surface area contributed by atoms with Crippen molar-refractivity contribution in [2.45, 2.75) is 19.8 Å². The summed E-state index contributed by atoms with van der Waals surface area (Å²) in [6.45, 7) is 7.74. The molecular formula is C32H37N3O4. The second-order valence-electron chi connectivity index (χ2n) is 10.4. The molecule has 3 aromatic carbocycles. The molecule has 7 heteroatoms. The second kappa shape index (κ2) is 11.4. The molecule has 2 aliphatic heterocycles. The van der Waals surface area contributed by atoms with Gasteiger partial charge in [0.15, 0.2) is 0 Å². The first-order chi connectivity index (χ1) is 18.9. The summed E-state index contributed by atoms with van der Waals surface area (Å²) >= 11 is 0. The zero-order valence-corrected chi connectivity index (χ0v) is 23.2. The van der Waals surface area contributed by atoms with E-state index in [0.29, 0.717) is 43.2 Å². The number of likely N-dealkylation sites (tertiary alicyclic amines) is 1. The minimum atomic E-state index is -0.371. The van der Waals surface area contributed by atoms with E-state index in [1.165, 1.54) is 11.3 Å². The molecule has 2 aliphatic rings. The molecule has 0 unspecified atom stereocenters. The predicted octanol–water partition coefficient (Wildman–Crippen LogP) is 4.53. The van der Waals surface area contributed by atoms with E-state index in [1.54, 1.807) is 14.2 Å². The van der Waals surface area contributed by atoms with E-state index in [1.807, 2.05) is 59.2 Å². The zero-order chi connectivity index (χ0) is 27.5. The minimum absolute atomic E-state index is 0.0420. The van der Waals surface area contributed by atoms with E-state index in [0.717, 1.165) is 24.2 Å². The third kappa shape index (κ3) is 5.31. The van der Waals surface area contributed by atoms with Gasteiger partial charge in [0.25, 0.3) is 5.91 Å². The lowest BCUT2D eigenvalue weighted by Crippen LogP contribution is -2.51. The van der Waals surface area contributed by atoms with Crippen molar-refractivity contribution in [2.24, 2.45) is 5.92 Å². The number of nitrogens with zero attached hydrogens (tertiary/aromatic N) is 3. The highest BCUT2D eigenvalue weighted by molar-refractivity contribution is 5.96. The zero-order valence-electron chi connectivity index (χ0n) is 23.2. The highest BCUT2D eigenvalue weighted by atomic mass is 16.5. The number of ether oxygens (including phenoxy) is 2. The van der Waals surface area contributed by atoms with Crippen LogP contribution in [0.3, 0.4) is 0 Å². The third-order valence-corrected chi connectivity index (χ3v) is 8.18. The Bertz CT molecular complexity index is 1350. The van der Waals surface area contributed by atoms with Gasteiger partial charge in [0.2, 0.25) is 5.91 Å². The third-order valence-electron chi connectivity index (χ3n) is 8.18. The summed E-state index contributed by atoms with van der Waals surface area (Å²) in [6.07, 6.45) is 0. The Morgan fingerprint density at radius 3 is 2.13 bits per heavy atom. The number of amides is 2. The second-order valence-corrected chi connectivity index (χ2v) is 10.4. The summed E-state index contributed by atoms with van der Waals surface area (Å²) < 4.78 is 11.2. The largest absolute Gasteiger partial charge is 0.497 e. The standard InChI is InChI=1S/C32H37N3O4/c1-22-9-5-7-11-25(22)31(36)35-20-27(26-19-24(38-3)13-14-30(26)39-4)28(21-35)32(37)34-17-15-33(16-18-34)29-12-8-6-10-23(29)2/h5-14,19,27-28H,15-18,20-21H2,1-4H3/t27-,28+/m1/s1. The number of piperazine rings is 1. The molecule has 2 fully saturated rings. The van der Waals surface area contributed by atoms with Crippen LogP contribution in [-0.4, -0.2) is 75.1 Å². The van der Waals surface area contributed by atoms with Crippen molar-refractivity contribution < 1.29 is 19.1 Å². The van der Waals surface area contributed by atoms with E-state index < -0.39 is 0 Å². The number of anilines is 1. The molecule has 39 heavy (non-hydrogen) atoms. The molecule has 0 N–H and O–H groups in total. The molecule has 2 atom stereocenters. The maximum atomic E-state index is 14.1. The van der Waals surface area contributed by atoms with Crippen molar-refractivity contribution in [3.05, 3.63) is 89.0 Å². The highest BCUT2D eigenvalue weighted by Crippen LogP contribution is 2.41. The molecular weight excluding hydrogens is 490 g/mol. The van der Waals surface area contributed by atoms with Crippen molar-refractivity contribution in [3.63, 3.8) is 0 Å². The van der Waals surface area contributed by atoms with E-state index in [-0.39, 0.29) is 23.7 Å². The predicted molar refractivity (Wildman–Crippen MR) is 153 cm³/mol. The number of methoxy groups -OCH3 is 2. The van der Waals surface area contributed by atoms with Crippen LogP contribution in [0.5, 0.6) is 11.5 Å². The van der Waals surface area contributed by atoms with Crippen LogP contribution in [0, 0.1) is 19.8 Å². The molecule has 7 nitrogen and oxygen atoms in total. The summed E-state index contributed by atoms with van der Waals surface area (Å²) in [5.74, 6) is 0.878. The topological polar surface area (TPSA) is 62.3 Å². The normalized spacial score (nSPS) is 19.2. The fourth-order valence-electron chi connectivity index (χ4n) is 5.97. The van der Waals surface area contributed by atoms with Crippen molar-refractivity contribution in [3.8, 4) is 11.5 Å². The monoisotopic (exact) mass is 527 g/mol. The minimum Gasteiger partial charge on any atom is -0.497 e. The van der Waals surface area contributed by atoms with Crippen LogP contribution in [0.1, 0.15) is 33.0 Å². The van der Waals surface area contributed by atoms with Crippen LogP contribution < -0.4 is 14.4 Å². The van der Waals surface area contributed by atoms with Crippen molar-refractivity contribution >= 4 is 17.5 Å². The molecule has 0 aromatic heterocycles. The Balaban J connectivity index is 1.41. The van der Waals surface area contributed by atoms with Crippen LogP contribution in [0.15, 0.2) is 66.7 Å². The van der Waals surface area contributed by atoms with Crippen LogP contribution in [0.25, 0.3) is 0 Å². The molecule has 204 valence electrons. The SMILES string of the molecule is COc1ccc(OC)c([C@H]2CN(C(=O)c3ccccc3C)C[C@@H]2C(=O)N2CCN(c3ccccc3C)CC2)c1. The molecule has 0 spiro atoms. The molecule has 2 amide bonds. The van der Waals surface area contributed by atoms with Gasteiger partial charge >= 0.3 is 0 Å². The Hall–Kier alpha value is -4.00. The van der Waals surface area contributed by atoms with Gasteiger partial charge in [-0.25, -0.2) is 0 Å². The smallest absolute Gasteiger partial charge is 0.254 e. The molecule has 0 aliphatic carbocycles. The van der Waals surface area contributed by atoms with Gasteiger partial charge < -0.3 is 24.2 Å². The number of aryl methyl sites for hydroxylation is 2. The fraction of sp³-hybridized carbons (Fsp3) is 0.375. The number of hydrogen-bond donors (Lipinski definition) is 0. The first-order valence-electron chi connectivity index (χ1n) is 13.6. The molecule has 0 saturated carbocycles. The van der Waals surface area contributed by atoms with Gasteiger partial charge in [-0.15, -0.1) is 0 Å². The Morgan fingerprint density at radius 2 is 1.46 bits per heavy atom. The number of rotatable bonds is 6. The van der Waals surface area contributed by atoms with Gasteiger partial charge in [0.1, 0.15) is 11.5 Å². The highest BCUT2D eigenvalue weighted by Gasteiger charge is 2.44. The van der Waals surface area contributed by atoms with Crippen molar-refractivity contribution in [1.29, 1.82) is 0 Å². The maximum absolute atomic E-state index is 14.1. The lowest BCUT2D eigenvalue weighted by Gasteiger charge is -2.38. The Kier molecular flexibility index (Phi) is 7.77. The van der Waals surface area contributed by atoms with E-state index >= 15 is 0 Å². The summed E-state index contributed by atoms with van der Waals surface area (Å²) in [6, 6.07) is 21.7. The first-order valence-corrected chi connectivity index (χ1v) is 13.6. The quantitative estimate of drug-likeness (QED) is 0.472.